The smallest absolute Gasteiger partial charge is 0.109 e. The van der Waals surface area contributed by atoms with Crippen LogP contribution in [0.2, 0.25) is 0 Å². The number of benzene rings is 1. The minimum atomic E-state index is -1.25. The Balaban J connectivity index is 0.000000538. The highest BCUT2D eigenvalue weighted by atomic mass is 19.1. The number of halogens is 1. The third-order valence-corrected chi connectivity index (χ3v) is 5.95. The van der Waals surface area contributed by atoms with Gasteiger partial charge in [0.05, 0.1) is 11.7 Å². The van der Waals surface area contributed by atoms with E-state index in [1.807, 2.05) is 37.4 Å². The number of nitrogens with zero attached hydrogens (tertiary/aromatic N) is 3. The van der Waals surface area contributed by atoms with E-state index in [-0.39, 0.29) is 6.42 Å². The average Bonchev–Trinajstić information content (AvgIpc) is 3.24. The van der Waals surface area contributed by atoms with E-state index in [2.05, 4.69) is 48.0 Å². The van der Waals surface area contributed by atoms with Gasteiger partial charge in [0, 0.05) is 36.4 Å². The van der Waals surface area contributed by atoms with E-state index in [9.17, 15) is 4.39 Å². The van der Waals surface area contributed by atoms with Crippen LogP contribution in [0.1, 0.15) is 83.8 Å². The largest absolute Gasteiger partial charge is 0.398 e. The van der Waals surface area contributed by atoms with Crippen molar-refractivity contribution in [2.45, 2.75) is 91.3 Å². The van der Waals surface area contributed by atoms with Crippen LogP contribution in [-0.2, 0) is 0 Å². The molecule has 2 aliphatic rings. The molecule has 3 rings (SSSR count). The number of allylic oxidation sites excluding steroid dienone is 1. The predicted molar refractivity (Wildman–Crippen MR) is 154 cm³/mol. The van der Waals surface area contributed by atoms with Crippen molar-refractivity contribution >= 4 is 24.3 Å². The van der Waals surface area contributed by atoms with Gasteiger partial charge >= 0.3 is 0 Å². The number of aryl methyl sites for hydroxylation is 1. The number of hydrogen-bond donors (Lipinski definition) is 2. The normalized spacial score (nSPS) is 19.3. The van der Waals surface area contributed by atoms with Gasteiger partial charge < -0.3 is 11.5 Å². The Morgan fingerprint density at radius 2 is 1.74 bits per heavy atom. The van der Waals surface area contributed by atoms with Crippen LogP contribution >= 0.6 is 0 Å². The Kier molecular flexibility index (Phi) is 16.6. The summed E-state index contributed by atoms with van der Waals surface area (Å²) in [5, 5.41) is 6.30. The number of nitrogens with two attached hydrogens (primary N) is 2. The molecule has 0 spiro atoms. The van der Waals surface area contributed by atoms with E-state index in [1.54, 1.807) is 6.08 Å². The Labute approximate surface area is 214 Å². The van der Waals surface area contributed by atoms with Gasteiger partial charge in [-0.05, 0) is 60.5 Å². The molecule has 5 nitrogen and oxygen atoms in total. The number of hydrogen-bond acceptors (Lipinski definition) is 5. The van der Waals surface area contributed by atoms with Gasteiger partial charge in [0.2, 0.25) is 0 Å². The third kappa shape index (κ3) is 13.3. The molecule has 1 aliphatic heterocycles. The van der Waals surface area contributed by atoms with Gasteiger partial charge in [0.25, 0.3) is 0 Å². The molecule has 2 unspecified atom stereocenters. The molecule has 1 aromatic carbocycles. The van der Waals surface area contributed by atoms with Crippen LogP contribution in [0.4, 0.5) is 10.1 Å². The summed E-state index contributed by atoms with van der Waals surface area (Å²) in [6.45, 7) is 17.5. The summed E-state index contributed by atoms with van der Waals surface area (Å²) in [6, 6.07) is 6.24. The molecular weight excluding hydrogens is 437 g/mol. The molecule has 1 saturated carbocycles. The first-order valence-corrected chi connectivity index (χ1v) is 12.9. The minimum Gasteiger partial charge on any atom is -0.398 e. The number of alkyl halides is 1. The molecule has 35 heavy (non-hydrogen) atoms. The molecule has 198 valence electrons. The van der Waals surface area contributed by atoms with E-state index < -0.39 is 5.67 Å². The second-order valence-electron chi connectivity index (χ2n) is 9.46. The van der Waals surface area contributed by atoms with E-state index in [4.69, 9.17) is 5.73 Å². The second-order valence-corrected chi connectivity index (χ2v) is 9.46. The molecule has 1 fully saturated rings. The zero-order valence-electron chi connectivity index (χ0n) is 23.1. The molecule has 4 N–H and O–H groups in total. The van der Waals surface area contributed by atoms with Crippen molar-refractivity contribution < 1.29 is 4.39 Å². The maximum Gasteiger partial charge on any atom is 0.109 e. The van der Waals surface area contributed by atoms with E-state index in [0.29, 0.717) is 17.7 Å². The molecule has 1 aliphatic carbocycles. The quantitative estimate of drug-likeness (QED) is 0.329. The summed E-state index contributed by atoms with van der Waals surface area (Å²) in [4.78, 5) is 3.91. The van der Waals surface area contributed by atoms with Gasteiger partial charge in [-0.1, -0.05) is 62.3 Å². The van der Waals surface area contributed by atoms with Crippen molar-refractivity contribution in [3.63, 3.8) is 0 Å². The van der Waals surface area contributed by atoms with Crippen LogP contribution in [0.3, 0.4) is 0 Å². The highest BCUT2D eigenvalue weighted by molar-refractivity contribution is 5.74. The fourth-order valence-corrected chi connectivity index (χ4v) is 3.76. The summed E-state index contributed by atoms with van der Waals surface area (Å²) >= 11 is 0. The van der Waals surface area contributed by atoms with Gasteiger partial charge in [-0.2, -0.15) is 5.10 Å². The predicted octanol–water partition coefficient (Wildman–Crippen LogP) is 7.18. The number of aliphatic imine (C=N–C) groups is 1. The average molecular weight is 488 g/mol. The van der Waals surface area contributed by atoms with Crippen molar-refractivity contribution in [3.8, 4) is 0 Å². The highest BCUT2D eigenvalue weighted by Gasteiger charge is 2.22. The van der Waals surface area contributed by atoms with Crippen LogP contribution in [0.25, 0.3) is 5.70 Å². The molecule has 1 heterocycles. The fraction of sp³-hybridized carbons (Fsp3) is 0.586. The van der Waals surface area contributed by atoms with Crippen LogP contribution in [0, 0.1) is 12.8 Å². The topological polar surface area (TPSA) is 80.0 Å². The lowest BCUT2D eigenvalue weighted by Crippen LogP contribution is -2.27. The van der Waals surface area contributed by atoms with Crippen molar-refractivity contribution in [3.05, 3.63) is 48.1 Å². The summed E-state index contributed by atoms with van der Waals surface area (Å²) < 4.78 is 13.4. The summed E-state index contributed by atoms with van der Waals surface area (Å²) in [5.41, 5.74) is 12.4. The Morgan fingerprint density at radius 3 is 2.11 bits per heavy atom. The zero-order valence-corrected chi connectivity index (χ0v) is 23.1. The lowest BCUT2D eigenvalue weighted by Gasteiger charge is -2.20. The van der Waals surface area contributed by atoms with Crippen LogP contribution in [-0.4, -0.2) is 43.2 Å². The minimum absolute atomic E-state index is 0.281. The van der Waals surface area contributed by atoms with Crippen molar-refractivity contribution in [2.24, 2.45) is 27.5 Å². The molecule has 0 amide bonds. The van der Waals surface area contributed by atoms with Gasteiger partial charge in [0.1, 0.15) is 5.67 Å². The molecule has 0 aromatic heterocycles. The third-order valence-electron chi connectivity index (χ3n) is 5.95. The molecule has 0 bridgehead atoms. The van der Waals surface area contributed by atoms with Crippen molar-refractivity contribution in [2.75, 3.05) is 13.6 Å². The van der Waals surface area contributed by atoms with Gasteiger partial charge in [-0.3, -0.25) is 10.0 Å². The molecule has 2 atom stereocenters. The first kappa shape index (κ1) is 32.5. The lowest BCUT2D eigenvalue weighted by molar-refractivity contribution is 0.221. The Morgan fingerprint density at radius 1 is 1.20 bits per heavy atom. The number of hydrazone groups is 1. The van der Waals surface area contributed by atoms with Gasteiger partial charge in [-0.25, -0.2) is 4.39 Å². The highest BCUT2D eigenvalue weighted by Crippen LogP contribution is 2.26. The summed E-state index contributed by atoms with van der Waals surface area (Å²) in [6.07, 6.45) is 14.9. The summed E-state index contributed by atoms with van der Waals surface area (Å²) in [5.74, 6) is 0.444. The maximum atomic E-state index is 13.4. The first-order chi connectivity index (χ1) is 16.6. The summed E-state index contributed by atoms with van der Waals surface area (Å²) in [7, 11) is 1.50. The van der Waals surface area contributed by atoms with Crippen LogP contribution in [0.5, 0.6) is 0 Å². The lowest BCUT2D eigenvalue weighted by atomic mass is 10.0. The van der Waals surface area contributed by atoms with Gasteiger partial charge in [0.15, 0.2) is 0 Å². The second kappa shape index (κ2) is 17.9. The molecule has 0 radical (unpaired) electrons. The number of rotatable bonds is 6. The van der Waals surface area contributed by atoms with Crippen LogP contribution < -0.4 is 11.5 Å². The SMILES string of the molecule is C1CCCCC1.C=CC1C=NN(CC)C1C.C=Nc1ccc(C)cc1/C(N)=C\CC(C)(C)F.CN. The van der Waals surface area contributed by atoms with E-state index >= 15 is 0 Å². The zero-order chi connectivity index (χ0) is 26.9. The standard InChI is InChI=1S/C14H19FN2.C8H14N2.C6H12.CH5N/c1-10-5-6-13(17-4)11(9-10)12(16)7-8-14(2,3)15;1-4-8-6-9-10(5-2)7(8)3;1-2-4-6-5-3-1;1-2/h5-7,9H,4,8,16H2,1-3H3;4,6-8H,1,5H2,2-3H3;1-6H2;2H2,1H3/b12-7+;;;. The molecule has 1 aromatic rings. The van der Waals surface area contributed by atoms with Gasteiger partial charge in [-0.15, -0.1) is 6.58 Å². The van der Waals surface area contributed by atoms with E-state index in [1.165, 1.54) is 59.4 Å². The Hall–Kier alpha value is -2.47. The Bertz CT molecular complexity index is 779. The van der Waals surface area contributed by atoms with Crippen molar-refractivity contribution in [1.82, 2.24) is 5.01 Å². The molecular formula is C29H50FN5. The maximum absolute atomic E-state index is 13.4. The molecule has 0 saturated heterocycles. The van der Waals surface area contributed by atoms with Crippen LogP contribution in [0.15, 0.2) is 47.0 Å². The first-order valence-electron chi connectivity index (χ1n) is 12.9. The monoisotopic (exact) mass is 487 g/mol. The van der Waals surface area contributed by atoms with Crippen molar-refractivity contribution in [1.29, 1.82) is 0 Å². The fourth-order valence-electron chi connectivity index (χ4n) is 3.76. The molecule has 6 heteroatoms. The van der Waals surface area contributed by atoms with E-state index in [0.717, 1.165) is 23.4 Å².